The van der Waals surface area contributed by atoms with Crippen LogP contribution in [0.15, 0.2) is 22.9 Å². The van der Waals surface area contributed by atoms with Crippen molar-refractivity contribution in [2.24, 2.45) is 13.0 Å². The fraction of sp³-hybridized carbons (Fsp3) is 0.600. The van der Waals surface area contributed by atoms with Crippen LogP contribution in [-0.2, 0) is 18.3 Å². The van der Waals surface area contributed by atoms with Crippen molar-refractivity contribution < 1.29 is 14.1 Å². The van der Waals surface area contributed by atoms with Gasteiger partial charge in [0.2, 0.25) is 0 Å². The van der Waals surface area contributed by atoms with Crippen LogP contribution in [0.1, 0.15) is 40.3 Å². The van der Waals surface area contributed by atoms with Crippen LogP contribution < -0.4 is 5.32 Å². The van der Waals surface area contributed by atoms with E-state index in [1.54, 1.807) is 0 Å². The van der Waals surface area contributed by atoms with E-state index in [0.717, 1.165) is 43.9 Å². The lowest BCUT2D eigenvalue weighted by molar-refractivity contribution is -0.181. The van der Waals surface area contributed by atoms with Crippen LogP contribution in [-0.4, -0.2) is 52.4 Å². The van der Waals surface area contributed by atoms with Gasteiger partial charge in [0.05, 0.1) is 17.9 Å². The molecule has 2 saturated heterocycles. The molecule has 4 heterocycles. The maximum atomic E-state index is 12.2. The minimum atomic E-state index is -0.0166. The van der Waals surface area contributed by atoms with Gasteiger partial charge in [-0.1, -0.05) is 5.16 Å². The van der Waals surface area contributed by atoms with Crippen molar-refractivity contribution in [3.63, 3.8) is 0 Å². The molecule has 27 heavy (non-hydrogen) atoms. The SMILES string of the molecule is Cc1noc(C)c1CN1CC2(CCC(CNC(=O)c3cccn3C)CO2)C1. The van der Waals surface area contributed by atoms with Crippen LogP contribution in [0, 0.1) is 19.8 Å². The molecule has 7 heteroatoms. The minimum Gasteiger partial charge on any atom is -0.372 e. The van der Waals surface area contributed by atoms with Gasteiger partial charge in [-0.3, -0.25) is 9.69 Å². The van der Waals surface area contributed by atoms with Crippen molar-refractivity contribution in [1.82, 2.24) is 19.9 Å². The topological polar surface area (TPSA) is 72.5 Å². The molecule has 1 spiro atoms. The van der Waals surface area contributed by atoms with Crippen molar-refractivity contribution in [1.29, 1.82) is 0 Å². The molecule has 2 fully saturated rings. The van der Waals surface area contributed by atoms with Gasteiger partial charge in [0.25, 0.3) is 5.91 Å². The normalized spacial score (nSPS) is 22.0. The van der Waals surface area contributed by atoms with E-state index in [2.05, 4.69) is 15.4 Å². The van der Waals surface area contributed by atoms with E-state index in [1.807, 2.05) is 43.8 Å². The van der Waals surface area contributed by atoms with Crippen LogP contribution in [0.4, 0.5) is 0 Å². The Labute approximate surface area is 159 Å². The first-order valence-corrected chi connectivity index (χ1v) is 9.63. The van der Waals surface area contributed by atoms with E-state index in [-0.39, 0.29) is 11.5 Å². The quantitative estimate of drug-likeness (QED) is 0.870. The second-order valence-corrected chi connectivity index (χ2v) is 8.06. The predicted octanol–water partition coefficient (Wildman–Crippen LogP) is 2.04. The van der Waals surface area contributed by atoms with E-state index in [1.165, 1.54) is 5.56 Å². The largest absolute Gasteiger partial charge is 0.372 e. The summed E-state index contributed by atoms with van der Waals surface area (Å²) in [4.78, 5) is 14.6. The number of aromatic nitrogens is 2. The van der Waals surface area contributed by atoms with Gasteiger partial charge in [0.15, 0.2) is 0 Å². The first-order chi connectivity index (χ1) is 13.0. The van der Waals surface area contributed by atoms with E-state index < -0.39 is 0 Å². The molecular formula is C20H28N4O3. The zero-order chi connectivity index (χ0) is 19.0. The summed E-state index contributed by atoms with van der Waals surface area (Å²) in [6.45, 7) is 8.14. The van der Waals surface area contributed by atoms with Gasteiger partial charge in [0, 0.05) is 45.0 Å². The highest BCUT2D eigenvalue weighted by molar-refractivity contribution is 5.92. The number of hydrogen-bond acceptors (Lipinski definition) is 5. The Morgan fingerprint density at radius 3 is 2.81 bits per heavy atom. The van der Waals surface area contributed by atoms with Crippen molar-refractivity contribution in [3.05, 3.63) is 41.0 Å². The second-order valence-electron chi connectivity index (χ2n) is 8.06. The van der Waals surface area contributed by atoms with Crippen LogP contribution in [0.25, 0.3) is 0 Å². The number of ether oxygens (including phenoxy) is 1. The molecule has 146 valence electrons. The number of rotatable bonds is 5. The minimum absolute atomic E-state index is 0.00238. The smallest absolute Gasteiger partial charge is 0.267 e. The molecule has 1 N–H and O–H groups in total. The number of carbonyl (C=O) groups excluding carboxylic acids is 1. The summed E-state index contributed by atoms with van der Waals surface area (Å²) in [5, 5.41) is 7.07. The van der Waals surface area contributed by atoms with Gasteiger partial charge in [-0.25, -0.2) is 0 Å². The van der Waals surface area contributed by atoms with E-state index in [0.29, 0.717) is 24.8 Å². The second kappa shape index (κ2) is 7.13. The third kappa shape index (κ3) is 3.66. The molecule has 4 rings (SSSR count). The van der Waals surface area contributed by atoms with Crippen LogP contribution in [0.2, 0.25) is 0 Å². The third-order valence-corrected chi connectivity index (χ3v) is 5.95. The molecule has 2 aliphatic rings. The Balaban J connectivity index is 1.21. The van der Waals surface area contributed by atoms with E-state index >= 15 is 0 Å². The molecule has 0 aliphatic carbocycles. The zero-order valence-electron chi connectivity index (χ0n) is 16.3. The number of hydrogen-bond donors (Lipinski definition) is 1. The lowest BCUT2D eigenvalue weighted by Gasteiger charge is -2.53. The summed E-state index contributed by atoms with van der Waals surface area (Å²) in [7, 11) is 1.88. The molecule has 1 amide bonds. The molecule has 0 radical (unpaired) electrons. The fourth-order valence-corrected chi connectivity index (χ4v) is 4.18. The maximum absolute atomic E-state index is 12.2. The summed E-state index contributed by atoms with van der Waals surface area (Å²) in [5.41, 5.74) is 2.86. The number of likely N-dealkylation sites (tertiary alicyclic amines) is 1. The zero-order valence-corrected chi connectivity index (χ0v) is 16.3. The average molecular weight is 372 g/mol. The van der Waals surface area contributed by atoms with Gasteiger partial charge in [0.1, 0.15) is 11.5 Å². The molecule has 1 unspecified atom stereocenters. The van der Waals surface area contributed by atoms with Crippen molar-refractivity contribution in [2.75, 3.05) is 26.2 Å². The number of amides is 1. The highest BCUT2D eigenvalue weighted by Crippen LogP contribution is 2.37. The molecule has 0 saturated carbocycles. The number of nitrogens with zero attached hydrogens (tertiary/aromatic N) is 3. The van der Waals surface area contributed by atoms with Gasteiger partial charge in [-0.15, -0.1) is 0 Å². The number of aryl methyl sites for hydroxylation is 3. The third-order valence-electron chi connectivity index (χ3n) is 5.95. The monoisotopic (exact) mass is 372 g/mol. The summed E-state index contributed by atoms with van der Waals surface area (Å²) >= 11 is 0. The van der Waals surface area contributed by atoms with Gasteiger partial charge >= 0.3 is 0 Å². The predicted molar refractivity (Wildman–Crippen MR) is 100 cm³/mol. The molecule has 7 nitrogen and oxygen atoms in total. The number of carbonyl (C=O) groups is 1. The van der Waals surface area contributed by atoms with Crippen LogP contribution in [0.3, 0.4) is 0 Å². The van der Waals surface area contributed by atoms with Crippen molar-refractivity contribution >= 4 is 5.91 Å². The van der Waals surface area contributed by atoms with Crippen molar-refractivity contribution in [2.45, 2.75) is 38.8 Å². The Morgan fingerprint density at radius 1 is 1.41 bits per heavy atom. The lowest BCUT2D eigenvalue weighted by Crippen LogP contribution is -2.64. The summed E-state index contributed by atoms with van der Waals surface area (Å²) in [6, 6.07) is 3.72. The molecule has 2 aliphatic heterocycles. The summed E-state index contributed by atoms with van der Waals surface area (Å²) < 4.78 is 13.3. The Morgan fingerprint density at radius 2 is 2.22 bits per heavy atom. The van der Waals surface area contributed by atoms with E-state index in [9.17, 15) is 4.79 Å². The average Bonchev–Trinajstić information content (AvgIpc) is 3.19. The molecule has 2 aromatic heterocycles. The molecular weight excluding hydrogens is 344 g/mol. The van der Waals surface area contributed by atoms with Crippen molar-refractivity contribution in [3.8, 4) is 0 Å². The van der Waals surface area contributed by atoms with Gasteiger partial charge in [-0.05, 0) is 44.7 Å². The van der Waals surface area contributed by atoms with E-state index in [4.69, 9.17) is 9.26 Å². The molecule has 0 bridgehead atoms. The highest BCUT2D eigenvalue weighted by Gasteiger charge is 2.46. The fourth-order valence-electron chi connectivity index (χ4n) is 4.18. The lowest BCUT2D eigenvalue weighted by atomic mass is 9.82. The first-order valence-electron chi connectivity index (χ1n) is 9.63. The highest BCUT2D eigenvalue weighted by atomic mass is 16.5. The summed E-state index contributed by atoms with van der Waals surface area (Å²) in [6.07, 6.45) is 4.02. The molecule has 0 aromatic carbocycles. The number of nitrogens with one attached hydrogen (secondary N) is 1. The van der Waals surface area contributed by atoms with Gasteiger partial charge < -0.3 is 19.1 Å². The Hall–Kier alpha value is -2.12. The Kier molecular flexibility index (Phi) is 4.82. The maximum Gasteiger partial charge on any atom is 0.267 e. The van der Waals surface area contributed by atoms with Gasteiger partial charge in [-0.2, -0.15) is 0 Å². The van der Waals surface area contributed by atoms with Crippen LogP contribution >= 0.6 is 0 Å². The summed E-state index contributed by atoms with van der Waals surface area (Å²) in [5.74, 6) is 1.28. The van der Waals surface area contributed by atoms with Crippen LogP contribution in [0.5, 0.6) is 0 Å². The standard InChI is InChI=1S/C20H28N4O3/c1-14-17(15(2)27-22-14)10-24-12-20(13-24)7-6-16(11-26-20)9-21-19(25)18-5-4-8-23(18)3/h4-5,8,16H,6-7,9-13H2,1-3H3,(H,21,25). The Bertz CT molecular complexity index is 790. The molecule has 1 atom stereocenters. The first kappa shape index (κ1) is 18.3. The molecule has 2 aromatic rings.